The summed E-state index contributed by atoms with van der Waals surface area (Å²) in [6.45, 7) is 0.740. The third kappa shape index (κ3) is 4.97. The van der Waals surface area contributed by atoms with Gasteiger partial charge in [-0.2, -0.15) is 0 Å². The summed E-state index contributed by atoms with van der Waals surface area (Å²) >= 11 is 0. The van der Waals surface area contributed by atoms with Crippen LogP contribution < -0.4 is 10.6 Å². The second kappa shape index (κ2) is 7.81. The average molecular weight is 236 g/mol. The molecule has 1 aromatic carbocycles. The van der Waals surface area contributed by atoms with Crippen molar-refractivity contribution in [2.45, 2.75) is 18.9 Å². The number of aliphatic hydroxyl groups excluding tert-OH is 1. The van der Waals surface area contributed by atoms with Crippen molar-refractivity contribution in [2.75, 3.05) is 20.2 Å². The standard InChI is InChI=1S/C13H20N2O2/c1-14-9-5-8-13(17)15-12(10-16)11-6-3-2-4-7-11/h2-4,6-7,12,14,16H,5,8-10H2,1H3,(H,15,17)/t12-/m1/s1. The number of hydrogen-bond acceptors (Lipinski definition) is 3. The molecule has 0 aromatic heterocycles. The van der Waals surface area contributed by atoms with E-state index in [1.807, 2.05) is 37.4 Å². The molecule has 0 spiro atoms. The summed E-state index contributed by atoms with van der Waals surface area (Å²) in [4.78, 5) is 11.6. The Morgan fingerprint density at radius 3 is 2.65 bits per heavy atom. The van der Waals surface area contributed by atoms with Crippen LogP contribution in [-0.4, -0.2) is 31.2 Å². The number of carbonyl (C=O) groups excluding carboxylic acids is 1. The van der Waals surface area contributed by atoms with Crippen molar-refractivity contribution < 1.29 is 9.90 Å². The Kier molecular flexibility index (Phi) is 6.29. The molecular weight excluding hydrogens is 216 g/mol. The van der Waals surface area contributed by atoms with Gasteiger partial charge in [0.15, 0.2) is 0 Å². The summed E-state index contributed by atoms with van der Waals surface area (Å²) in [6, 6.07) is 9.19. The molecule has 1 rings (SSSR count). The van der Waals surface area contributed by atoms with Crippen LogP contribution in [0.15, 0.2) is 30.3 Å². The van der Waals surface area contributed by atoms with E-state index < -0.39 is 0 Å². The minimum atomic E-state index is -0.307. The highest BCUT2D eigenvalue weighted by Gasteiger charge is 2.12. The molecule has 0 saturated heterocycles. The molecule has 0 radical (unpaired) electrons. The maximum atomic E-state index is 11.6. The average Bonchev–Trinajstić information content (AvgIpc) is 2.37. The van der Waals surface area contributed by atoms with Gasteiger partial charge >= 0.3 is 0 Å². The van der Waals surface area contributed by atoms with Gasteiger partial charge in [0.2, 0.25) is 5.91 Å². The van der Waals surface area contributed by atoms with Crippen LogP contribution in [-0.2, 0) is 4.79 Å². The first-order valence-corrected chi connectivity index (χ1v) is 5.87. The lowest BCUT2D eigenvalue weighted by atomic mass is 10.1. The van der Waals surface area contributed by atoms with Crippen LogP contribution in [0.5, 0.6) is 0 Å². The van der Waals surface area contributed by atoms with E-state index in [1.54, 1.807) is 0 Å². The molecule has 17 heavy (non-hydrogen) atoms. The molecule has 1 aromatic rings. The molecule has 0 aliphatic rings. The van der Waals surface area contributed by atoms with Gasteiger partial charge in [-0.1, -0.05) is 30.3 Å². The fraction of sp³-hybridized carbons (Fsp3) is 0.462. The summed E-state index contributed by atoms with van der Waals surface area (Å²) in [6.07, 6.45) is 1.28. The fourth-order valence-electron chi connectivity index (χ4n) is 1.61. The fourth-order valence-corrected chi connectivity index (χ4v) is 1.61. The van der Waals surface area contributed by atoms with Gasteiger partial charge in [-0.05, 0) is 25.6 Å². The van der Waals surface area contributed by atoms with Gasteiger partial charge in [-0.25, -0.2) is 0 Å². The largest absolute Gasteiger partial charge is 0.394 e. The Morgan fingerprint density at radius 2 is 2.06 bits per heavy atom. The van der Waals surface area contributed by atoms with E-state index in [0.717, 1.165) is 18.5 Å². The van der Waals surface area contributed by atoms with Crippen LogP contribution >= 0.6 is 0 Å². The number of carbonyl (C=O) groups is 1. The monoisotopic (exact) mass is 236 g/mol. The van der Waals surface area contributed by atoms with Gasteiger partial charge in [0, 0.05) is 6.42 Å². The highest BCUT2D eigenvalue weighted by Crippen LogP contribution is 2.11. The van der Waals surface area contributed by atoms with E-state index in [0.29, 0.717) is 6.42 Å². The highest BCUT2D eigenvalue weighted by atomic mass is 16.3. The smallest absolute Gasteiger partial charge is 0.220 e. The SMILES string of the molecule is CNCCCC(=O)N[C@H](CO)c1ccccc1. The van der Waals surface area contributed by atoms with Crippen LogP contribution in [0.1, 0.15) is 24.4 Å². The van der Waals surface area contributed by atoms with Crippen molar-refractivity contribution in [1.29, 1.82) is 0 Å². The minimum Gasteiger partial charge on any atom is -0.394 e. The molecule has 0 aliphatic carbocycles. The Morgan fingerprint density at radius 1 is 1.35 bits per heavy atom. The molecule has 3 N–H and O–H groups in total. The highest BCUT2D eigenvalue weighted by molar-refractivity contribution is 5.76. The Labute approximate surface area is 102 Å². The molecule has 1 atom stereocenters. The number of rotatable bonds is 7. The summed E-state index contributed by atoms with van der Waals surface area (Å²) in [5.74, 6) is -0.0249. The van der Waals surface area contributed by atoms with Crippen LogP contribution in [0.4, 0.5) is 0 Å². The lowest BCUT2D eigenvalue weighted by Gasteiger charge is -2.16. The van der Waals surface area contributed by atoms with Gasteiger partial charge in [0.05, 0.1) is 12.6 Å². The van der Waals surface area contributed by atoms with Crippen molar-refractivity contribution in [2.24, 2.45) is 0 Å². The molecule has 0 saturated carbocycles. The van der Waals surface area contributed by atoms with E-state index in [-0.39, 0.29) is 18.6 Å². The molecule has 4 nitrogen and oxygen atoms in total. The number of benzene rings is 1. The van der Waals surface area contributed by atoms with Gasteiger partial charge in [-0.3, -0.25) is 4.79 Å². The zero-order valence-electron chi connectivity index (χ0n) is 10.1. The van der Waals surface area contributed by atoms with Gasteiger partial charge in [0.25, 0.3) is 0 Å². The minimum absolute atomic E-state index is 0.0249. The molecule has 94 valence electrons. The third-order valence-corrected chi connectivity index (χ3v) is 2.55. The Bertz CT molecular complexity index is 327. The maximum absolute atomic E-state index is 11.6. The van der Waals surface area contributed by atoms with E-state index in [4.69, 9.17) is 0 Å². The summed E-state index contributed by atoms with van der Waals surface area (Å²) in [5.41, 5.74) is 0.928. The van der Waals surface area contributed by atoms with Crippen molar-refractivity contribution in [3.63, 3.8) is 0 Å². The van der Waals surface area contributed by atoms with Crippen molar-refractivity contribution >= 4 is 5.91 Å². The number of aliphatic hydroxyl groups is 1. The van der Waals surface area contributed by atoms with Crippen molar-refractivity contribution in [3.8, 4) is 0 Å². The predicted molar refractivity (Wildman–Crippen MR) is 67.6 cm³/mol. The van der Waals surface area contributed by atoms with Crippen LogP contribution in [0.3, 0.4) is 0 Å². The Hall–Kier alpha value is -1.39. The molecule has 0 bridgehead atoms. The molecule has 0 heterocycles. The van der Waals surface area contributed by atoms with Crippen molar-refractivity contribution in [3.05, 3.63) is 35.9 Å². The Balaban J connectivity index is 2.44. The van der Waals surface area contributed by atoms with Gasteiger partial charge in [-0.15, -0.1) is 0 Å². The predicted octanol–water partition coefficient (Wildman–Crippen LogP) is 0.836. The molecule has 0 unspecified atom stereocenters. The van der Waals surface area contributed by atoms with Crippen molar-refractivity contribution in [1.82, 2.24) is 10.6 Å². The van der Waals surface area contributed by atoms with E-state index >= 15 is 0 Å². The normalized spacial score (nSPS) is 12.1. The first-order chi connectivity index (χ1) is 8.27. The second-order valence-corrected chi connectivity index (χ2v) is 3.92. The summed E-state index contributed by atoms with van der Waals surface area (Å²) in [7, 11) is 1.86. The zero-order chi connectivity index (χ0) is 12.5. The second-order valence-electron chi connectivity index (χ2n) is 3.92. The lowest BCUT2D eigenvalue weighted by molar-refractivity contribution is -0.122. The van der Waals surface area contributed by atoms with E-state index in [9.17, 15) is 9.90 Å². The van der Waals surface area contributed by atoms with Crippen LogP contribution in [0.25, 0.3) is 0 Å². The quantitative estimate of drug-likeness (QED) is 0.615. The van der Waals surface area contributed by atoms with Crippen LogP contribution in [0, 0.1) is 0 Å². The topological polar surface area (TPSA) is 61.4 Å². The third-order valence-electron chi connectivity index (χ3n) is 2.55. The number of amides is 1. The van der Waals surface area contributed by atoms with E-state index in [2.05, 4.69) is 10.6 Å². The lowest BCUT2D eigenvalue weighted by Crippen LogP contribution is -2.31. The first-order valence-electron chi connectivity index (χ1n) is 5.87. The zero-order valence-corrected chi connectivity index (χ0v) is 10.1. The van der Waals surface area contributed by atoms with Crippen LogP contribution in [0.2, 0.25) is 0 Å². The maximum Gasteiger partial charge on any atom is 0.220 e. The molecule has 0 fully saturated rings. The molecule has 4 heteroatoms. The number of nitrogens with one attached hydrogen (secondary N) is 2. The molecule has 1 amide bonds. The number of hydrogen-bond donors (Lipinski definition) is 3. The summed E-state index contributed by atoms with van der Waals surface area (Å²) in [5, 5.41) is 15.1. The van der Waals surface area contributed by atoms with Gasteiger partial charge in [0.1, 0.15) is 0 Å². The first kappa shape index (κ1) is 13.7. The van der Waals surface area contributed by atoms with E-state index in [1.165, 1.54) is 0 Å². The van der Waals surface area contributed by atoms with Gasteiger partial charge < -0.3 is 15.7 Å². The molecule has 0 aliphatic heterocycles. The summed E-state index contributed by atoms with van der Waals surface area (Å²) < 4.78 is 0. The molecular formula is C13H20N2O2.